The van der Waals surface area contributed by atoms with Gasteiger partial charge in [-0.25, -0.2) is 0 Å². The Hall–Kier alpha value is -1.78. The molecule has 5 heteroatoms. The molecule has 0 radical (unpaired) electrons. The maximum absolute atomic E-state index is 12.5. The molecule has 1 rings (SSSR count). The number of primary amides is 1. The topological polar surface area (TPSA) is 43.1 Å². The van der Waals surface area contributed by atoms with Crippen molar-refractivity contribution in [3.05, 3.63) is 41.0 Å². The number of benzene rings is 1. The van der Waals surface area contributed by atoms with Crippen LogP contribution in [0.2, 0.25) is 0 Å². The van der Waals surface area contributed by atoms with Crippen LogP contribution in [0.4, 0.5) is 13.2 Å². The van der Waals surface area contributed by atoms with Gasteiger partial charge in [-0.15, -0.1) is 0 Å². The van der Waals surface area contributed by atoms with Crippen LogP contribution in [-0.2, 0) is 11.0 Å². The molecule has 1 aromatic carbocycles. The molecule has 1 aromatic rings. The molecule has 2 nitrogen and oxygen atoms in total. The molecule has 92 valence electrons. The van der Waals surface area contributed by atoms with Crippen LogP contribution in [0.15, 0.2) is 29.8 Å². The van der Waals surface area contributed by atoms with E-state index in [1.165, 1.54) is 19.1 Å². The van der Waals surface area contributed by atoms with Crippen LogP contribution < -0.4 is 5.73 Å². The lowest BCUT2D eigenvalue weighted by atomic mass is 10.00. The number of carbonyl (C=O) groups excluding carboxylic acids is 1. The summed E-state index contributed by atoms with van der Waals surface area (Å²) in [6, 6.07) is 4.80. The molecule has 0 atom stereocenters. The summed E-state index contributed by atoms with van der Waals surface area (Å²) in [5, 5.41) is 0. The summed E-state index contributed by atoms with van der Waals surface area (Å²) >= 11 is 0. The van der Waals surface area contributed by atoms with Gasteiger partial charge in [-0.05, 0) is 37.1 Å². The first-order valence-corrected chi connectivity index (χ1v) is 4.88. The minimum atomic E-state index is -4.39. The van der Waals surface area contributed by atoms with E-state index in [4.69, 9.17) is 5.73 Å². The highest BCUT2D eigenvalue weighted by Crippen LogP contribution is 2.31. The molecule has 0 aliphatic carbocycles. The number of allylic oxidation sites excluding steroid dienone is 1. The minimum absolute atomic E-state index is 0.254. The highest BCUT2D eigenvalue weighted by Gasteiger charge is 2.30. The summed E-state index contributed by atoms with van der Waals surface area (Å²) in [5.74, 6) is -0.639. The summed E-state index contributed by atoms with van der Waals surface area (Å²) in [5.41, 5.74) is 5.38. The first-order valence-electron chi connectivity index (χ1n) is 4.88. The standard InChI is InChI=1S/C12H12F3NO/c1-7(8(2)11(16)17)9-4-3-5-10(6-9)12(13,14)15/h3-6H,1-2H3,(H2,16,17)/b8-7-. The quantitative estimate of drug-likeness (QED) is 0.797. The van der Waals surface area contributed by atoms with Gasteiger partial charge in [0.25, 0.3) is 0 Å². The van der Waals surface area contributed by atoms with Crippen molar-refractivity contribution in [1.29, 1.82) is 0 Å². The predicted octanol–water partition coefficient (Wildman–Crippen LogP) is 2.98. The van der Waals surface area contributed by atoms with Gasteiger partial charge in [0.1, 0.15) is 0 Å². The number of hydrogen-bond donors (Lipinski definition) is 1. The molecule has 0 aliphatic heterocycles. The van der Waals surface area contributed by atoms with Crippen LogP contribution in [0.25, 0.3) is 5.57 Å². The minimum Gasteiger partial charge on any atom is -0.366 e. The van der Waals surface area contributed by atoms with Gasteiger partial charge in [0, 0.05) is 5.57 Å². The monoisotopic (exact) mass is 243 g/mol. The van der Waals surface area contributed by atoms with Crippen molar-refractivity contribution in [3.8, 4) is 0 Å². The van der Waals surface area contributed by atoms with Crippen LogP contribution in [-0.4, -0.2) is 5.91 Å². The zero-order valence-corrected chi connectivity index (χ0v) is 9.43. The van der Waals surface area contributed by atoms with Crippen molar-refractivity contribution < 1.29 is 18.0 Å². The summed E-state index contributed by atoms with van der Waals surface area (Å²) in [6.07, 6.45) is -4.39. The van der Waals surface area contributed by atoms with Gasteiger partial charge in [-0.3, -0.25) is 4.79 Å². The molecule has 2 N–H and O–H groups in total. The van der Waals surface area contributed by atoms with Gasteiger partial charge in [-0.1, -0.05) is 12.1 Å². The molecule has 0 unspecified atom stereocenters. The molecule has 1 amide bonds. The molecular formula is C12H12F3NO. The Balaban J connectivity index is 3.26. The van der Waals surface area contributed by atoms with E-state index >= 15 is 0 Å². The summed E-state index contributed by atoms with van der Waals surface area (Å²) in [7, 11) is 0. The molecule has 0 saturated heterocycles. The van der Waals surface area contributed by atoms with Gasteiger partial charge in [0.05, 0.1) is 5.56 Å². The zero-order valence-electron chi connectivity index (χ0n) is 9.43. The Labute approximate surface area is 96.9 Å². The number of hydrogen-bond acceptors (Lipinski definition) is 1. The van der Waals surface area contributed by atoms with Crippen molar-refractivity contribution in [1.82, 2.24) is 0 Å². The second-order valence-corrected chi connectivity index (χ2v) is 3.69. The molecule has 0 spiro atoms. The van der Waals surface area contributed by atoms with Gasteiger partial charge < -0.3 is 5.73 Å². The van der Waals surface area contributed by atoms with Crippen LogP contribution >= 0.6 is 0 Å². The van der Waals surface area contributed by atoms with E-state index in [0.29, 0.717) is 11.1 Å². The normalized spacial score (nSPS) is 13.2. The second kappa shape index (κ2) is 4.61. The highest BCUT2D eigenvalue weighted by molar-refractivity contribution is 5.99. The Kier molecular flexibility index (Phi) is 3.60. The molecule has 0 bridgehead atoms. The maximum Gasteiger partial charge on any atom is 0.416 e. The van der Waals surface area contributed by atoms with Gasteiger partial charge in [-0.2, -0.15) is 13.2 Å². The lowest BCUT2D eigenvalue weighted by Crippen LogP contribution is -2.13. The number of rotatable bonds is 2. The molecule has 0 saturated carbocycles. The third-order valence-corrected chi connectivity index (χ3v) is 2.56. The van der Waals surface area contributed by atoms with E-state index in [1.54, 1.807) is 6.92 Å². The number of nitrogens with two attached hydrogens (primary N) is 1. The predicted molar refractivity (Wildman–Crippen MR) is 58.9 cm³/mol. The SMILES string of the molecule is C/C(C(N)=O)=C(\C)c1cccc(C(F)(F)F)c1. The van der Waals surface area contributed by atoms with Crippen LogP contribution in [0.1, 0.15) is 25.0 Å². The smallest absolute Gasteiger partial charge is 0.366 e. The lowest BCUT2D eigenvalue weighted by Gasteiger charge is -2.10. The van der Waals surface area contributed by atoms with E-state index in [9.17, 15) is 18.0 Å². The largest absolute Gasteiger partial charge is 0.416 e. The van der Waals surface area contributed by atoms with E-state index < -0.39 is 17.6 Å². The Bertz CT molecular complexity index is 475. The highest BCUT2D eigenvalue weighted by atomic mass is 19.4. The van der Waals surface area contributed by atoms with E-state index in [1.807, 2.05) is 0 Å². The van der Waals surface area contributed by atoms with E-state index in [0.717, 1.165) is 12.1 Å². The summed E-state index contributed by atoms with van der Waals surface area (Å²) in [4.78, 5) is 10.9. The Morgan fingerprint density at radius 2 is 1.82 bits per heavy atom. The van der Waals surface area contributed by atoms with Gasteiger partial charge in [0.15, 0.2) is 0 Å². The van der Waals surface area contributed by atoms with E-state index in [2.05, 4.69) is 0 Å². The Morgan fingerprint density at radius 1 is 1.24 bits per heavy atom. The summed E-state index contributed by atoms with van der Waals surface area (Å²) < 4.78 is 37.4. The van der Waals surface area contributed by atoms with Crippen molar-refractivity contribution in [2.75, 3.05) is 0 Å². The number of carbonyl (C=O) groups is 1. The number of halogens is 3. The Morgan fingerprint density at radius 3 is 2.29 bits per heavy atom. The fourth-order valence-corrected chi connectivity index (χ4v) is 1.33. The van der Waals surface area contributed by atoms with Crippen LogP contribution in [0, 0.1) is 0 Å². The first-order chi connectivity index (χ1) is 7.73. The average molecular weight is 243 g/mol. The molecule has 0 aromatic heterocycles. The van der Waals surface area contributed by atoms with Crippen LogP contribution in [0.3, 0.4) is 0 Å². The van der Waals surface area contributed by atoms with Gasteiger partial charge in [0.2, 0.25) is 5.91 Å². The zero-order chi connectivity index (χ0) is 13.2. The van der Waals surface area contributed by atoms with Crippen molar-refractivity contribution in [2.45, 2.75) is 20.0 Å². The van der Waals surface area contributed by atoms with Gasteiger partial charge >= 0.3 is 6.18 Å². The van der Waals surface area contributed by atoms with Crippen LogP contribution in [0.5, 0.6) is 0 Å². The second-order valence-electron chi connectivity index (χ2n) is 3.69. The fraction of sp³-hybridized carbons (Fsp3) is 0.250. The molecule has 0 heterocycles. The van der Waals surface area contributed by atoms with E-state index in [-0.39, 0.29) is 5.57 Å². The molecule has 0 fully saturated rings. The lowest BCUT2D eigenvalue weighted by molar-refractivity contribution is -0.137. The maximum atomic E-state index is 12.5. The third-order valence-electron chi connectivity index (χ3n) is 2.56. The fourth-order valence-electron chi connectivity index (χ4n) is 1.33. The molecule has 17 heavy (non-hydrogen) atoms. The van der Waals surface area contributed by atoms with Crippen molar-refractivity contribution in [3.63, 3.8) is 0 Å². The van der Waals surface area contributed by atoms with Crippen molar-refractivity contribution in [2.24, 2.45) is 5.73 Å². The van der Waals surface area contributed by atoms with Crippen molar-refractivity contribution >= 4 is 11.5 Å². The number of amides is 1. The third kappa shape index (κ3) is 3.09. The number of alkyl halides is 3. The molecular weight excluding hydrogens is 231 g/mol. The summed E-state index contributed by atoms with van der Waals surface area (Å²) in [6.45, 7) is 3.05. The first kappa shape index (κ1) is 13.3. The average Bonchev–Trinajstić information content (AvgIpc) is 2.26. The molecule has 0 aliphatic rings.